The van der Waals surface area contributed by atoms with Crippen molar-refractivity contribution >= 4 is 16.7 Å². The Morgan fingerprint density at radius 2 is 1.96 bits per heavy atom. The van der Waals surface area contributed by atoms with E-state index >= 15 is 0 Å². The molecular formula is C15H14F3N3O2. The molecule has 0 radical (unpaired) electrons. The molecule has 1 N–H and O–H groups in total. The van der Waals surface area contributed by atoms with Gasteiger partial charge in [0, 0.05) is 18.5 Å². The highest BCUT2D eigenvalue weighted by molar-refractivity contribution is 6.04. The summed E-state index contributed by atoms with van der Waals surface area (Å²) in [6.45, 7) is -0.127. The number of benzene rings is 1. The smallest absolute Gasteiger partial charge is 0.337 e. The molecule has 1 aliphatic rings. The van der Waals surface area contributed by atoms with Gasteiger partial charge in [-0.25, -0.2) is 5.10 Å². The molecule has 0 aliphatic carbocycles. The molecule has 0 saturated carbocycles. The van der Waals surface area contributed by atoms with E-state index in [0.717, 1.165) is 4.90 Å². The SMILES string of the molecule is O=C(c1n[nH]c(=O)c2ccccc12)N1CCC[C@H](C(F)(F)F)C1. The van der Waals surface area contributed by atoms with E-state index in [9.17, 15) is 22.8 Å². The zero-order valence-corrected chi connectivity index (χ0v) is 12.1. The van der Waals surface area contributed by atoms with Crippen molar-refractivity contribution in [1.82, 2.24) is 15.1 Å². The third-order valence-electron chi connectivity index (χ3n) is 4.07. The van der Waals surface area contributed by atoms with Crippen molar-refractivity contribution in [3.8, 4) is 0 Å². The summed E-state index contributed by atoms with van der Waals surface area (Å²) in [5.41, 5.74) is -0.466. The Hall–Kier alpha value is -2.38. The van der Waals surface area contributed by atoms with E-state index < -0.39 is 23.6 Å². The number of aromatic amines is 1. The van der Waals surface area contributed by atoms with Gasteiger partial charge in [0.05, 0.1) is 11.3 Å². The monoisotopic (exact) mass is 325 g/mol. The number of likely N-dealkylation sites (tertiary alicyclic amines) is 1. The molecule has 0 spiro atoms. The average Bonchev–Trinajstić information content (AvgIpc) is 2.54. The number of alkyl halides is 3. The van der Waals surface area contributed by atoms with Gasteiger partial charge in [-0.05, 0) is 18.9 Å². The Balaban J connectivity index is 1.95. The van der Waals surface area contributed by atoms with Crippen LogP contribution in [0.2, 0.25) is 0 Å². The van der Waals surface area contributed by atoms with Crippen LogP contribution in [0.4, 0.5) is 13.2 Å². The minimum atomic E-state index is -4.32. The number of nitrogens with one attached hydrogen (secondary N) is 1. The van der Waals surface area contributed by atoms with Crippen molar-refractivity contribution in [1.29, 1.82) is 0 Å². The van der Waals surface area contributed by atoms with Crippen LogP contribution in [0.25, 0.3) is 10.8 Å². The number of halogens is 3. The predicted molar refractivity (Wildman–Crippen MR) is 77.0 cm³/mol. The van der Waals surface area contributed by atoms with E-state index in [1.54, 1.807) is 24.3 Å². The van der Waals surface area contributed by atoms with Crippen LogP contribution in [-0.2, 0) is 0 Å². The summed E-state index contributed by atoms with van der Waals surface area (Å²) in [6.07, 6.45) is -4.01. The van der Waals surface area contributed by atoms with Gasteiger partial charge in [-0.3, -0.25) is 9.59 Å². The second-order valence-corrected chi connectivity index (χ2v) is 5.58. The zero-order chi connectivity index (χ0) is 16.6. The summed E-state index contributed by atoms with van der Waals surface area (Å²) in [4.78, 5) is 25.5. The lowest BCUT2D eigenvalue weighted by molar-refractivity contribution is -0.184. The number of nitrogens with zero attached hydrogens (tertiary/aromatic N) is 2. The second kappa shape index (κ2) is 5.68. The van der Waals surface area contributed by atoms with Gasteiger partial charge in [0.25, 0.3) is 11.5 Å². The van der Waals surface area contributed by atoms with E-state index in [0.29, 0.717) is 5.39 Å². The Labute approximate surface area is 129 Å². The number of carbonyl (C=O) groups is 1. The molecule has 2 heterocycles. The minimum Gasteiger partial charge on any atom is -0.337 e. The van der Waals surface area contributed by atoms with E-state index in [1.807, 2.05) is 0 Å². The summed E-state index contributed by atoms with van der Waals surface area (Å²) in [7, 11) is 0. The van der Waals surface area contributed by atoms with E-state index in [-0.39, 0.29) is 37.0 Å². The van der Waals surface area contributed by atoms with Gasteiger partial charge in [0.2, 0.25) is 0 Å². The maximum Gasteiger partial charge on any atom is 0.393 e. The van der Waals surface area contributed by atoms with Gasteiger partial charge in [-0.1, -0.05) is 18.2 Å². The van der Waals surface area contributed by atoms with Crippen LogP contribution in [0.3, 0.4) is 0 Å². The number of hydrogen-bond acceptors (Lipinski definition) is 3. The van der Waals surface area contributed by atoms with E-state index in [1.165, 1.54) is 0 Å². The summed E-state index contributed by atoms with van der Waals surface area (Å²) in [5, 5.41) is 6.62. The fraction of sp³-hybridized carbons (Fsp3) is 0.400. The normalized spacial score (nSPS) is 19.1. The van der Waals surface area contributed by atoms with Crippen molar-refractivity contribution in [2.45, 2.75) is 19.0 Å². The van der Waals surface area contributed by atoms with Gasteiger partial charge >= 0.3 is 6.18 Å². The Morgan fingerprint density at radius 1 is 1.26 bits per heavy atom. The molecule has 0 unspecified atom stereocenters. The van der Waals surface area contributed by atoms with Crippen molar-refractivity contribution in [2.75, 3.05) is 13.1 Å². The number of amides is 1. The van der Waals surface area contributed by atoms with Crippen LogP contribution in [0.15, 0.2) is 29.1 Å². The molecule has 23 heavy (non-hydrogen) atoms. The largest absolute Gasteiger partial charge is 0.393 e. The molecule has 1 aromatic heterocycles. The van der Waals surface area contributed by atoms with Crippen LogP contribution < -0.4 is 5.56 Å². The molecule has 122 valence electrons. The summed E-state index contributed by atoms with van der Waals surface area (Å²) in [6, 6.07) is 6.40. The predicted octanol–water partition coefficient (Wildman–Crippen LogP) is 2.34. The van der Waals surface area contributed by atoms with Crippen molar-refractivity contribution in [3.05, 3.63) is 40.3 Å². The number of piperidine rings is 1. The number of H-pyrrole nitrogens is 1. The lowest BCUT2D eigenvalue weighted by Crippen LogP contribution is -2.45. The van der Waals surface area contributed by atoms with E-state index in [4.69, 9.17) is 0 Å². The van der Waals surface area contributed by atoms with Gasteiger partial charge in [-0.15, -0.1) is 0 Å². The Bertz CT molecular complexity index is 800. The minimum absolute atomic E-state index is 0.0209. The maximum absolute atomic E-state index is 12.9. The first kappa shape index (κ1) is 15.5. The fourth-order valence-electron chi connectivity index (χ4n) is 2.86. The third-order valence-corrected chi connectivity index (χ3v) is 4.07. The van der Waals surface area contributed by atoms with E-state index in [2.05, 4.69) is 10.2 Å². The highest BCUT2D eigenvalue weighted by Gasteiger charge is 2.43. The molecule has 8 heteroatoms. The van der Waals surface area contributed by atoms with Crippen LogP contribution in [0, 0.1) is 5.92 Å². The average molecular weight is 325 g/mol. The molecule has 1 aromatic carbocycles. The molecule has 5 nitrogen and oxygen atoms in total. The Morgan fingerprint density at radius 3 is 2.65 bits per heavy atom. The highest BCUT2D eigenvalue weighted by atomic mass is 19.4. The van der Waals surface area contributed by atoms with Crippen molar-refractivity contribution < 1.29 is 18.0 Å². The molecule has 1 amide bonds. The highest BCUT2D eigenvalue weighted by Crippen LogP contribution is 2.33. The number of aromatic nitrogens is 2. The quantitative estimate of drug-likeness (QED) is 0.875. The van der Waals surface area contributed by atoms with Crippen LogP contribution in [0.5, 0.6) is 0 Å². The summed E-state index contributed by atoms with van der Waals surface area (Å²) < 4.78 is 38.7. The number of fused-ring (bicyclic) bond motifs is 1. The first-order valence-electron chi connectivity index (χ1n) is 7.21. The molecule has 3 rings (SSSR count). The molecule has 1 atom stereocenters. The molecule has 1 saturated heterocycles. The third kappa shape index (κ3) is 2.93. The van der Waals surface area contributed by atoms with Gasteiger partial charge in [-0.2, -0.15) is 18.3 Å². The van der Waals surface area contributed by atoms with Crippen LogP contribution in [-0.4, -0.2) is 40.3 Å². The van der Waals surface area contributed by atoms with Gasteiger partial charge < -0.3 is 4.90 Å². The number of carbonyl (C=O) groups excluding carboxylic acids is 1. The number of hydrogen-bond donors (Lipinski definition) is 1. The van der Waals surface area contributed by atoms with Crippen LogP contribution in [0.1, 0.15) is 23.3 Å². The molecule has 2 aromatic rings. The lowest BCUT2D eigenvalue weighted by atomic mass is 9.97. The Kier molecular flexibility index (Phi) is 3.83. The molecule has 1 fully saturated rings. The van der Waals surface area contributed by atoms with Gasteiger partial charge in [0.1, 0.15) is 0 Å². The zero-order valence-electron chi connectivity index (χ0n) is 12.1. The second-order valence-electron chi connectivity index (χ2n) is 5.58. The molecular weight excluding hydrogens is 311 g/mol. The van der Waals surface area contributed by atoms with Crippen molar-refractivity contribution in [2.24, 2.45) is 5.92 Å². The van der Waals surface area contributed by atoms with Crippen molar-refractivity contribution in [3.63, 3.8) is 0 Å². The topological polar surface area (TPSA) is 66.1 Å². The number of rotatable bonds is 1. The molecule has 0 bridgehead atoms. The fourth-order valence-corrected chi connectivity index (χ4v) is 2.86. The molecule has 1 aliphatic heterocycles. The maximum atomic E-state index is 12.9. The lowest BCUT2D eigenvalue weighted by Gasteiger charge is -2.33. The first-order chi connectivity index (χ1) is 10.9. The standard InChI is InChI=1S/C15H14F3N3O2/c16-15(17,18)9-4-3-7-21(8-9)14(23)12-10-5-1-2-6-11(10)13(22)20-19-12/h1-2,5-6,9H,3-4,7-8H2,(H,20,22)/t9-/m0/s1. The van der Waals surface area contributed by atoms with Crippen LogP contribution >= 0.6 is 0 Å². The summed E-state index contributed by atoms with van der Waals surface area (Å²) >= 11 is 0. The first-order valence-corrected chi connectivity index (χ1v) is 7.21. The summed E-state index contributed by atoms with van der Waals surface area (Å²) in [5.74, 6) is -2.11. The van der Waals surface area contributed by atoms with Gasteiger partial charge in [0.15, 0.2) is 5.69 Å².